The lowest BCUT2D eigenvalue weighted by Gasteiger charge is -2.14. The molecule has 5 rings (SSSR count). The van der Waals surface area contributed by atoms with Crippen molar-refractivity contribution >= 4 is 45.4 Å². The van der Waals surface area contributed by atoms with E-state index in [4.69, 9.17) is 4.74 Å². The van der Waals surface area contributed by atoms with Gasteiger partial charge in [0.2, 0.25) is 6.41 Å². The van der Waals surface area contributed by atoms with E-state index >= 15 is 0 Å². The highest BCUT2D eigenvalue weighted by molar-refractivity contribution is 5.98. The average molecular weight is 449 g/mol. The maximum Gasteiger partial charge on any atom is 0.211 e. The third kappa shape index (κ3) is 3.84. The highest BCUT2D eigenvalue weighted by atomic mass is 16.5. The zero-order chi connectivity index (χ0) is 23.7. The smallest absolute Gasteiger partial charge is 0.211 e. The van der Waals surface area contributed by atoms with E-state index in [0.717, 1.165) is 27.7 Å². The monoisotopic (exact) mass is 449 g/mol. The second-order valence-corrected chi connectivity index (χ2v) is 7.71. The number of nitrogens with one attached hydrogen (secondary N) is 2. The summed E-state index contributed by atoms with van der Waals surface area (Å²) in [5.41, 5.74) is 4.79. The first-order valence-corrected chi connectivity index (χ1v) is 10.4. The van der Waals surface area contributed by atoms with E-state index in [-0.39, 0.29) is 0 Å². The van der Waals surface area contributed by atoms with Crippen molar-refractivity contribution in [3.8, 4) is 17.6 Å². The number of pyridine rings is 2. The molecule has 0 atom stereocenters. The second-order valence-electron chi connectivity index (χ2n) is 7.71. The van der Waals surface area contributed by atoms with Gasteiger partial charge in [0.05, 0.1) is 29.2 Å². The number of aromatic nitrogens is 4. The highest BCUT2D eigenvalue weighted by Crippen LogP contribution is 2.33. The molecule has 0 bridgehead atoms. The van der Waals surface area contributed by atoms with Gasteiger partial charge in [-0.05, 0) is 55.0 Å². The highest BCUT2D eigenvalue weighted by Gasteiger charge is 2.12. The van der Waals surface area contributed by atoms with Crippen molar-refractivity contribution in [2.45, 2.75) is 6.92 Å². The van der Waals surface area contributed by atoms with Gasteiger partial charge in [-0.1, -0.05) is 0 Å². The quantitative estimate of drug-likeness (QED) is 0.358. The van der Waals surface area contributed by atoms with E-state index in [0.29, 0.717) is 40.4 Å². The number of rotatable bonds is 6. The van der Waals surface area contributed by atoms with Crippen molar-refractivity contribution < 1.29 is 9.53 Å². The van der Waals surface area contributed by atoms with Gasteiger partial charge in [-0.25, -0.2) is 4.98 Å². The van der Waals surface area contributed by atoms with E-state index in [9.17, 15) is 10.1 Å². The molecule has 0 saturated carbocycles. The molecule has 3 aromatic heterocycles. The molecule has 0 radical (unpaired) electrons. The van der Waals surface area contributed by atoms with Gasteiger partial charge in [0.1, 0.15) is 17.6 Å². The molecule has 9 heteroatoms. The van der Waals surface area contributed by atoms with Gasteiger partial charge in [-0.2, -0.15) is 10.4 Å². The number of benzene rings is 2. The Labute approximate surface area is 194 Å². The number of nitriles is 1. The summed E-state index contributed by atoms with van der Waals surface area (Å²) in [6, 6.07) is 15.1. The summed E-state index contributed by atoms with van der Waals surface area (Å²) >= 11 is 0. The molecule has 0 aliphatic carbocycles. The molecule has 9 nitrogen and oxygen atoms in total. The average Bonchev–Trinajstić information content (AvgIpc) is 3.21. The molecule has 0 spiro atoms. The Hall–Kier alpha value is -4.97. The fourth-order valence-electron chi connectivity index (χ4n) is 3.76. The molecule has 0 fully saturated rings. The van der Waals surface area contributed by atoms with Crippen molar-refractivity contribution in [3.63, 3.8) is 0 Å². The molecule has 0 unspecified atom stereocenters. The minimum atomic E-state index is 0.393. The van der Waals surface area contributed by atoms with Crippen molar-refractivity contribution in [2.75, 3.05) is 10.6 Å². The van der Waals surface area contributed by atoms with Crippen LogP contribution in [0.25, 0.3) is 21.9 Å². The van der Waals surface area contributed by atoms with Crippen LogP contribution in [0, 0.1) is 18.3 Å². The summed E-state index contributed by atoms with van der Waals surface area (Å²) in [5, 5.41) is 21.4. The maximum atomic E-state index is 10.9. The van der Waals surface area contributed by atoms with Gasteiger partial charge in [-0.3, -0.25) is 14.5 Å². The summed E-state index contributed by atoms with van der Waals surface area (Å²) in [4.78, 5) is 19.6. The predicted octanol–water partition coefficient (Wildman–Crippen LogP) is 4.80. The molecule has 5 aromatic rings. The van der Waals surface area contributed by atoms with Gasteiger partial charge in [-0.15, -0.1) is 0 Å². The van der Waals surface area contributed by atoms with Crippen molar-refractivity contribution in [1.82, 2.24) is 19.7 Å². The standard InChI is InChI=1S/C25H19N7O2/c1-15-7-19(4-6-23(15)34-20-8-16-12-30-32(2)25(16)28-13-20)31-24-17(10-26)11-27-22-5-3-18(29-14-33)9-21(22)24/h3-9,11-14H,1-2H3,(H,27,31)(H,29,33). The number of anilines is 3. The SMILES string of the molecule is Cc1cc(Nc2c(C#N)cnc3ccc(NC=O)cc23)ccc1Oc1cnc2c(cnn2C)c1. The van der Waals surface area contributed by atoms with Gasteiger partial charge >= 0.3 is 0 Å². The van der Waals surface area contributed by atoms with E-state index in [1.807, 2.05) is 38.2 Å². The normalized spacial score (nSPS) is 10.7. The number of carbonyl (C=O) groups is 1. The van der Waals surface area contributed by atoms with Crippen molar-refractivity contribution in [2.24, 2.45) is 7.05 Å². The number of ether oxygens (including phenoxy) is 1. The van der Waals surface area contributed by atoms with E-state index < -0.39 is 0 Å². The summed E-state index contributed by atoms with van der Waals surface area (Å²) in [6.07, 6.45) is 5.56. The summed E-state index contributed by atoms with van der Waals surface area (Å²) < 4.78 is 7.77. The first-order chi connectivity index (χ1) is 16.6. The van der Waals surface area contributed by atoms with Crippen LogP contribution in [0.15, 0.2) is 61.1 Å². The molecule has 0 saturated heterocycles. The van der Waals surface area contributed by atoms with Crippen LogP contribution in [0.4, 0.5) is 17.1 Å². The topological polar surface area (TPSA) is 118 Å². The van der Waals surface area contributed by atoms with Crippen LogP contribution >= 0.6 is 0 Å². The Balaban J connectivity index is 1.46. The Morgan fingerprint density at radius 1 is 1.06 bits per heavy atom. The molecular weight excluding hydrogens is 430 g/mol. The van der Waals surface area contributed by atoms with E-state index in [2.05, 4.69) is 31.8 Å². The second kappa shape index (κ2) is 8.52. The van der Waals surface area contributed by atoms with Crippen LogP contribution < -0.4 is 15.4 Å². The third-order valence-corrected chi connectivity index (χ3v) is 5.43. The Morgan fingerprint density at radius 2 is 1.91 bits per heavy atom. The Bertz CT molecular complexity index is 1600. The summed E-state index contributed by atoms with van der Waals surface area (Å²) in [5.74, 6) is 1.31. The van der Waals surface area contributed by atoms with E-state index in [1.165, 1.54) is 6.20 Å². The van der Waals surface area contributed by atoms with Gasteiger partial charge < -0.3 is 15.4 Å². The third-order valence-electron chi connectivity index (χ3n) is 5.43. The lowest BCUT2D eigenvalue weighted by molar-refractivity contribution is -0.105. The molecule has 166 valence electrons. The molecule has 1 amide bonds. The van der Waals surface area contributed by atoms with Crippen LogP contribution in [-0.2, 0) is 11.8 Å². The van der Waals surface area contributed by atoms with Crippen LogP contribution in [0.3, 0.4) is 0 Å². The largest absolute Gasteiger partial charge is 0.455 e. The molecule has 3 heterocycles. The molecule has 0 aliphatic rings. The molecule has 2 aromatic carbocycles. The fourth-order valence-corrected chi connectivity index (χ4v) is 3.76. The Kier molecular flexibility index (Phi) is 5.24. The van der Waals surface area contributed by atoms with Crippen LogP contribution in [-0.4, -0.2) is 26.2 Å². The number of amides is 1. The van der Waals surface area contributed by atoms with Crippen LogP contribution in [0.1, 0.15) is 11.1 Å². The minimum absolute atomic E-state index is 0.393. The first kappa shape index (κ1) is 20.9. The summed E-state index contributed by atoms with van der Waals surface area (Å²) in [6.45, 7) is 1.94. The molecular formula is C25H19N7O2. The van der Waals surface area contributed by atoms with Crippen LogP contribution in [0.5, 0.6) is 11.5 Å². The molecule has 0 aliphatic heterocycles. The number of nitrogens with zero attached hydrogens (tertiary/aromatic N) is 5. The fraction of sp³-hybridized carbons (Fsp3) is 0.0800. The van der Waals surface area contributed by atoms with E-state index in [1.54, 1.807) is 35.3 Å². The maximum absolute atomic E-state index is 10.9. The lowest BCUT2D eigenvalue weighted by Crippen LogP contribution is -1.99. The Morgan fingerprint density at radius 3 is 2.71 bits per heavy atom. The predicted molar refractivity (Wildman–Crippen MR) is 129 cm³/mol. The van der Waals surface area contributed by atoms with Crippen molar-refractivity contribution in [1.29, 1.82) is 5.26 Å². The van der Waals surface area contributed by atoms with Gasteiger partial charge in [0.15, 0.2) is 5.65 Å². The molecule has 34 heavy (non-hydrogen) atoms. The number of aryl methyl sites for hydroxylation is 2. The van der Waals surface area contributed by atoms with Crippen LogP contribution in [0.2, 0.25) is 0 Å². The van der Waals surface area contributed by atoms with Gasteiger partial charge in [0.25, 0.3) is 0 Å². The minimum Gasteiger partial charge on any atom is -0.455 e. The number of carbonyl (C=O) groups excluding carboxylic acids is 1. The zero-order valence-electron chi connectivity index (χ0n) is 18.4. The number of fused-ring (bicyclic) bond motifs is 2. The molecule has 2 N–H and O–H groups in total. The zero-order valence-corrected chi connectivity index (χ0v) is 18.4. The van der Waals surface area contributed by atoms with Gasteiger partial charge in [0, 0.05) is 35.4 Å². The summed E-state index contributed by atoms with van der Waals surface area (Å²) in [7, 11) is 1.84. The first-order valence-electron chi connectivity index (χ1n) is 10.4. The lowest BCUT2D eigenvalue weighted by atomic mass is 10.1. The number of hydrogen-bond donors (Lipinski definition) is 2. The number of hydrogen-bond acceptors (Lipinski definition) is 7. The van der Waals surface area contributed by atoms with Crippen molar-refractivity contribution in [3.05, 3.63) is 72.2 Å².